The number of aryl methyl sites for hydroxylation is 1. The van der Waals surface area contributed by atoms with Crippen LogP contribution in [0.3, 0.4) is 0 Å². The van der Waals surface area contributed by atoms with E-state index in [4.69, 9.17) is 12.2 Å². The highest BCUT2D eigenvalue weighted by molar-refractivity contribution is 7.80. The first-order valence-corrected chi connectivity index (χ1v) is 7.01. The fourth-order valence-electron chi connectivity index (χ4n) is 1.82. The van der Waals surface area contributed by atoms with Crippen molar-refractivity contribution in [3.8, 4) is 0 Å². The van der Waals surface area contributed by atoms with E-state index in [9.17, 15) is 4.79 Å². The molecule has 0 saturated heterocycles. The van der Waals surface area contributed by atoms with E-state index in [1.54, 1.807) is 0 Å². The zero-order valence-electron chi connectivity index (χ0n) is 11.7. The number of anilines is 1. The molecule has 2 aromatic carbocycles. The number of thiocarbonyl (C=S) groups is 1. The summed E-state index contributed by atoms with van der Waals surface area (Å²) in [6.45, 7) is 1.99. The molecule has 0 saturated carbocycles. The molecule has 108 valence electrons. The molecule has 2 aromatic rings. The van der Waals surface area contributed by atoms with Gasteiger partial charge in [0.2, 0.25) is 5.91 Å². The van der Waals surface area contributed by atoms with Gasteiger partial charge in [-0.05, 0) is 36.3 Å². The lowest BCUT2D eigenvalue weighted by molar-refractivity contribution is -0.120. The Morgan fingerprint density at radius 1 is 1.00 bits per heavy atom. The normalized spacial score (nSPS) is 9.76. The van der Waals surface area contributed by atoms with Gasteiger partial charge in [0.05, 0.1) is 6.42 Å². The fourth-order valence-corrected chi connectivity index (χ4v) is 1.98. The SMILES string of the molecule is Cc1ccccc1NC(=S)NNC(=O)Cc1ccccc1. The number of amides is 1. The Bertz CT molecular complexity index is 628. The molecule has 0 heterocycles. The van der Waals surface area contributed by atoms with Gasteiger partial charge in [-0.15, -0.1) is 0 Å². The van der Waals surface area contributed by atoms with Crippen molar-refractivity contribution in [3.63, 3.8) is 0 Å². The third-order valence-electron chi connectivity index (χ3n) is 2.92. The van der Waals surface area contributed by atoms with Gasteiger partial charge in [-0.25, -0.2) is 0 Å². The molecule has 0 atom stereocenters. The first kappa shape index (κ1) is 15.0. The van der Waals surface area contributed by atoms with Crippen LogP contribution in [0.5, 0.6) is 0 Å². The summed E-state index contributed by atoms with van der Waals surface area (Å²) in [4.78, 5) is 11.8. The van der Waals surface area contributed by atoms with E-state index in [2.05, 4.69) is 16.2 Å². The minimum Gasteiger partial charge on any atom is -0.331 e. The molecule has 21 heavy (non-hydrogen) atoms. The van der Waals surface area contributed by atoms with E-state index in [-0.39, 0.29) is 5.91 Å². The van der Waals surface area contributed by atoms with E-state index in [0.717, 1.165) is 16.8 Å². The Hall–Kier alpha value is -2.40. The monoisotopic (exact) mass is 299 g/mol. The molecule has 0 aliphatic carbocycles. The Labute approximate surface area is 129 Å². The highest BCUT2D eigenvalue weighted by atomic mass is 32.1. The summed E-state index contributed by atoms with van der Waals surface area (Å²) in [6.07, 6.45) is 0.306. The predicted octanol–water partition coefficient (Wildman–Crippen LogP) is 2.56. The van der Waals surface area contributed by atoms with Crippen molar-refractivity contribution in [2.45, 2.75) is 13.3 Å². The molecule has 0 bridgehead atoms. The third kappa shape index (κ3) is 4.89. The van der Waals surface area contributed by atoms with Gasteiger partial charge in [-0.1, -0.05) is 48.5 Å². The molecule has 2 rings (SSSR count). The first-order valence-electron chi connectivity index (χ1n) is 6.60. The molecule has 0 spiro atoms. The van der Waals surface area contributed by atoms with Crippen LogP contribution >= 0.6 is 12.2 Å². The maximum atomic E-state index is 11.8. The highest BCUT2D eigenvalue weighted by Gasteiger charge is 2.04. The molecule has 0 aromatic heterocycles. The van der Waals surface area contributed by atoms with Gasteiger partial charge in [0.1, 0.15) is 0 Å². The van der Waals surface area contributed by atoms with Gasteiger partial charge < -0.3 is 5.32 Å². The second-order valence-corrected chi connectivity index (χ2v) is 5.01. The average Bonchev–Trinajstić information content (AvgIpc) is 2.49. The van der Waals surface area contributed by atoms with Crippen molar-refractivity contribution in [1.82, 2.24) is 10.9 Å². The van der Waals surface area contributed by atoms with Crippen LogP contribution in [0.4, 0.5) is 5.69 Å². The van der Waals surface area contributed by atoms with Crippen molar-refractivity contribution in [1.29, 1.82) is 0 Å². The van der Waals surface area contributed by atoms with Crippen molar-refractivity contribution >= 4 is 28.9 Å². The molecule has 3 N–H and O–H groups in total. The zero-order valence-corrected chi connectivity index (χ0v) is 12.5. The van der Waals surface area contributed by atoms with Crippen LogP contribution in [0.25, 0.3) is 0 Å². The lowest BCUT2D eigenvalue weighted by atomic mass is 10.1. The van der Waals surface area contributed by atoms with Crippen LogP contribution in [0.15, 0.2) is 54.6 Å². The topological polar surface area (TPSA) is 53.2 Å². The van der Waals surface area contributed by atoms with Gasteiger partial charge in [0.25, 0.3) is 0 Å². The van der Waals surface area contributed by atoms with Crippen molar-refractivity contribution < 1.29 is 4.79 Å². The van der Waals surface area contributed by atoms with E-state index in [1.165, 1.54) is 0 Å². The molecule has 0 aliphatic heterocycles. The Balaban J connectivity index is 1.79. The minimum atomic E-state index is -0.143. The Morgan fingerprint density at radius 2 is 1.67 bits per heavy atom. The van der Waals surface area contributed by atoms with Crippen LogP contribution in [0, 0.1) is 6.92 Å². The summed E-state index contributed by atoms with van der Waals surface area (Å²) in [7, 11) is 0. The molecule has 0 aliphatic rings. The van der Waals surface area contributed by atoms with E-state index in [1.807, 2.05) is 61.5 Å². The van der Waals surface area contributed by atoms with Gasteiger partial charge >= 0.3 is 0 Å². The fraction of sp³-hybridized carbons (Fsp3) is 0.125. The number of nitrogens with one attached hydrogen (secondary N) is 3. The number of hydrogen-bond donors (Lipinski definition) is 3. The summed E-state index contributed by atoms with van der Waals surface area (Å²) in [5.74, 6) is -0.143. The number of carbonyl (C=O) groups excluding carboxylic acids is 1. The predicted molar refractivity (Wildman–Crippen MR) is 88.8 cm³/mol. The Kier molecular flexibility index (Phi) is 5.29. The molecular formula is C16H17N3OS. The lowest BCUT2D eigenvalue weighted by Gasteiger charge is -2.13. The van der Waals surface area contributed by atoms with E-state index in [0.29, 0.717) is 11.5 Å². The molecular weight excluding hydrogens is 282 g/mol. The molecule has 1 amide bonds. The van der Waals surface area contributed by atoms with Crippen LogP contribution in [-0.4, -0.2) is 11.0 Å². The number of hydrazine groups is 1. The zero-order chi connectivity index (χ0) is 15.1. The molecule has 0 fully saturated rings. The Morgan fingerprint density at radius 3 is 2.38 bits per heavy atom. The minimum absolute atomic E-state index is 0.143. The highest BCUT2D eigenvalue weighted by Crippen LogP contribution is 2.12. The van der Waals surface area contributed by atoms with Gasteiger partial charge in [0.15, 0.2) is 5.11 Å². The third-order valence-corrected chi connectivity index (χ3v) is 3.12. The van der Waals surface area contributed by atoms with Crippen LogP contribution in [0.2, 0.25) is 0 Å². The summed E-state index contributed by atoms with van der Waals surface area (Å²) >= 11 is 5.14. The largest absolute Gasteiger partial charge is 0.331 e. The van der Waals surface area contributed by atoms with Gasteiger partial charge in [-0.3, -0.25) is 15.6 Å². The molecule has 0 radical (unpaired) electrons. The molecule has 4 nitrogen and oxygen atoms in total. The average molecular weight is 299 g/mol. The number of hydrogen-bond acceptors (Lipinski definition) is 2. The molecule has 5 heteroatoms. The maximum Gasteiger partial charge on any atom is 0.242 e. The van der Waals surface area contributed by atoms with Gasteiger partial charge in [-0.2, -0.15) is 0 Å². The number of benzene rings is 2. The smallest absolute Gasteiger partial charge is 0.242 e. The lowest BCUT2D eigenvalue weighted by Crippen LogP contribution is -2.44. The van der Waals surface area contributed by atoms with Crippen molar-refractivity contribution in [2.24, 2.45) is 0 Å². The summed E-state index contributed by atoms with van der Waals surface area (Å²) < 4.78 is 0. The van der Waals surface area contributed by atoms with Crippen LogP contribution in [0.1, 0.15) is 11.1 Å². The number of carbonyl (C=O) groups is 1. The van der Waals surface area contributed by atoms with Crippen LogP contribution in [-0.2, 0) is 11.2 Å². The number of rotatable bonds is 3. The summed E-state index contributed by atoms with van der Waals surface area (Å²) in [5, 5.41) is 3.39. The standard InChI is InChI=1S/C16H17N3OS/c1-12-7-5-6-10-14(12)17-16(21)19-18-15(20)11-13-8-3-2-4-9-13/h2-10H,11H2,1H3,(H,18,20)(H2,17,19,21). The number of para-hydroxylation sites is 1. The van der Waals surface area contributed by atoms with Gasteiger partial charge in [0, 0.05) is 5.69 Å². The van der Waals surface area contributed by atoms with E-state index < -0.39 is 0 Å². The van der Waals surface area contributed by atoms with Crippen molar-refractivity contribution in [3.05, 3.63) is 65.7 Å². The second-order valence-electron chi connectivity index (χ2n) is 4.60. The first-order chi connectivity index (χ1) is 10.1. The van der Waals surface area contributed by atoms with Crippen molar-refractivity contribution in [2.75, 3.05) is 5.32 Å². The second kappa shape index (κ2) is 7.40. The molecule has 0 unspecified atom stereocenters. The van der Waals surface area contributed by atoms with E-state index >= 15 is 0 Å². The quantitative estimate of drug-likeness (QED) is 0.602. The maximum absolute atomic E-state index is 11.8. The summed E-state index contributed by atoms with van der Waals surface area (Å²) in [6, 6.07) is 17.3. The van der Waals surface area contributed by atoms with Crippen LogP contribution < -0.4 is 16.2 Å². The summed E-state index contributed by atoms with van der Waals surface area (Å²) in [5.41, 5.74) is 8.22.